The van der Waals surface area contributed by atoms with E-state index in [2.05, 4.69) is 32.2 Å². The smallest absolute Gasteiger partial charge is 0.173 e. The summed E-state index contributed by atoms with van der Waals surface area (Å²) in [5.41, 5.74) is 1.07. The molecular formula is C10H9BrN2S. The molecule has 0 N–H and O–H groups in total. The molecule has 1 aromatic carbocycles. The molecule has 0 saturated carbocycles. The van der Waals surface area contributed by atoms with Gasteiger partial charge in [-0.2, -0.15) is 4.37 Å². The maximum atomic E-state index is 4.42. The van der Waals surface area contributed by atoms with E-state index in [-0.39, 0.29) is 0 Å². The van der Waals surface area contributed by atoms with E-state index < -0.39 is 0 Å². The fourth-order valence-electron chi connectivity index (χ4n) is 1.11. The predicted molar refractivity (Wildman–Crippen MR) is 62.4 cm³/mol. The van der Waals surface area contributed by atoms with Crippen molar-refractivity contribution >= 4 is 27.5 Å². The highest BCUT2D eigenvalue weighted by Gasteiger charge is 2.04. The summed E-state index contributed by atoms with van der Waals surface area (Å²) in [6.45, 7) is 2.09. The van der Waals surface area contributed by atoms with Gasteiger partial charge < -0.3 is 0 Å². The van der Waals surface area contributed by atoms with Crippen LogP contribution in [0.3, 0.4) is 0 Å². The van der Waals surface area contributed by atoms with Crippen LogP contribution in [-0.2, 0) is 6.42 Å². The highest BCUT2D eigenvalue weighted by atomic mass is 79.9. The first-order chi connectivity index (χ1) is 6.79. The second-order valence-corrected chi connectivity index (χ2v) is 4.62. The number of halogens is 1. The molecule has 0 amide bonds. The van der Waals surface area contributed by atoms with Crippen molar-refractivity contribution in [2.24, 2.45) is 0 Å². The maximum Gasteiger partial charge on any atom is 0.173 e. The zero-order valence-corrected chi connectivity index (χ0v) is 10.1. The van der Waals surface area contributed by atoms with E-state index in [0.29, 0.717) is 0 Å². The first-order valence-corrected chi connectivity index (χ1v) is 5.94. The molecule has 0 aliphatic heterocycles. The van der Waals surface area contributed by atoms with Gasteiger partial charge in [-0.25, -0.2) is 4.98 Å². The van der Waals surface area contributed by atoms with Crippen LogP contribution in [0.2, 0.25) is 0 Å². The Morgan fingerprint density at radius 3 is 2.57 bits per heavy atom. The molecule has 72 valence electrons. The van der Waals surface area contributed by atoms with E-state index in [9.17, 15) is 0 Å². The largest absolute Gasteiger partial charge is 0.220 e. The second-order valence-electron chi connectivity index (χ2n) is 2.87. The molecule has 0 radical (unpaired) electrons. The highest BCUT2D eigenvalue weighted by Crippen LogP contribution is 2.20. The van der Waals surface area contributed by atoms with Crippen molar-refractivity contribution in [2.45, 2.75) is 13.3 Å². The zero-order valence-electron chi connectivity index (χ0n) is 7.70. The van der Waals surface area contributed by atoms with E-state index in [1.807, 2.05) is 24.3 Å². The van der Waals surface area contributed by atoms with Crippen LogP contribution < -0.4 is 0 Å². The molecule has 0 aliphatic rings. The average Bonchev–Trinajstić information content (AvgIpc) is 2.67. The van der Waals surface area contributed by atoms with Crippen molar-refractivity contribution in [3.63, 3.8) is 0 Å². The summed E-state index contributed by atoms with van der Waals surface area (Å²) in [5.74, 6) is 0.833. The molecule has 0 spiro atoms. The van der Waals surface area contributed by atoms with Crippen LogP contribution in [0.15, 0.2) is 28.7 Å². The van der Waals surface area contributed by atoms with Gasteiger partial charge in [0.1, 0.15) is 5.01 Å². The third-order valence-electron chi connectivity index (χ3n) is 1.87. The van der Waals surface area contributed by atoms with Crippen molar-refractivity contribution in [3.8, 4) is 11.4 Å². The molecule has 14 heavy (non-hydrogen) atoms. The number of aryl methyl sites for hydroxylation is 1. The Morgan fingerprint density at radius 2 is 2.00 bits per heavy atom. The summed E-state index contributed by atoms with van der Waals surface area (Å²) in [6, 6.07) is 8.04. The molecular weight excluding hydrogens is 260 g/mol. The van der Waals surface area contributed by atoms with Crippen molar-refractivity contribution in [1.29, 1.82) is 0 Å². The topological polar surface area (TPSA) is 25.8 Å². The Kier molecular flexibility index (Phi) is 2.93. The van der Waals surface area contributed by atoms with Crippen molar-refractivity contribution in [3.05, 3.63) is 33.7 Å². The van der Waals surface area contributed by atoms with Gasteiger partial charge in [0.05, 0.1) is 0 Å². The van der Waals surface area contributed by atoms with Crippen molar-refractivity contribution < 1.29 is 0 Å². The van der Waals surface area contributed by atoms with Gasteiger partial charge in [-0.1, -0.05) is 35.0 Å². The van der Waals surface area contributed by atoms with Crippen LogP contribution in [0.4, 0.5) is 0 Å². The normalized spacial score (nSPS) is 10.4. The molecule has 0 saturated heterocycles. The van der Waals surface area contributed by atoms with Gasteiger partial charge in [-0.15, -0.1) is 0 Å². The van der Waals surface area contributed by atoms with Crippen LogP contribution in [0, 0.1) is 0 Å². The molecule has 1 heterocycles. The fourth-order valence-corrected chi connectivity index (χ4v) is 1.97. The van der Waals surface area contributed by atoms with Gasteiger partial charge in [0, 0.05) is 10.0 Å². The Hall–Kier alpha value is -0.740. The van der Waals surface area contributed by atoms with E-state index in [1.54, 1.807) is 0 Å². The Labute approximate surface area is 95.3 Å². The lowest BCUT2D eigenvalue weighted by Crippen LogP contribution is -1.81. The lowest BCUT2D eigenvalue weighted by molar-refractivity contribution is 1.09. The summed E-state index contributed by atoms with van der Waals surface area (Å²) >= 11 is 4.87. The summed E-state index contributed by atoms with van der Waals surface area (Å²) < 4.78 is 5.38. The van der Waals surface area contributed by atoms with Gasteiger partial charge in [0.15, 0.2) is 5.82 Å². The predicted octanol–water partition coefficient (Wildman–Crippen LogP) is 3.53. The van der Waals surface area contributed by atoms with E-state index in [1.165, 1.54) is 11.5 Å². The lowest BCUT2D eigenvalue weighted by atomic mass is 10.2. The number of hydrogen-bond acceptors (Lipinski definition) is 3. The average molecular weight is 269 g/mol. The van der Waals surface area contributed by atoms with Crippen LogP contribution >= 0.6 is 27.5 Å². The van der Waals surface area contributed by atoms with Gasteiger partial charge in [0.25, 0.3) is 0 Å². The zero-order chi connectivity index (χ0) is 9.97. The SMILES string of the molecule is CCc1nc(-c2ccc(Br)cc2)ns1. The molecule has 2 nitrogen and oxygen atoms in total. The van der Waals surface area contributed by atoms with Gasteiger partial charge in [-0.05, 0) is 30.1 Å². The number of nitrogens with zero attached hydrogens (tertiary/aromatic N) is 2. The summed E-state index contributed by atoms with van der Waals surface area (Å²) in [4.78, 5) is 4.42. The Balaban J connectivity index is 2.34. The van der Waals surface area contributed by atoms with Gasteiger partial charge >= 0.3 is 0 Å². The van der Waals surface area contributed by atoms with E-state index in [0.717, 1.165) is 27.3 Å². The fraction of sp³-hybridized carbons (Fsp3) is 0.200. The number of aromatic nitrogens is 2. The number of rotatable bonds is 2. The van der Waals surface area contributed by atoms with Crippen LogP contribution in [0.25, 0.3) is 11.4 Å². The monoisotopic (exact) mass is 268 g/mol. The minimum absolute atomic E-state index is 0.833. The number of hydrogen-bond donors (Lipinski definition) is 0. The Morgan fingerprint density at radius 1 is 1.29 bits per heavy atom. The van der Waals surface area contributed by atoms with Crippen molar-refractivity contribution in [2.75, 3.05) is 0 Å². The Bertz CT molecular complexity index is 422. The quantitative estimate of drug-likeness (QED) is 0.833. The maximum absolute atomic E-state index is 4.42. The standard InChI is InChI=1S/C10H9BrN2S/c1-2-9-12-10(13-14-9)7-3-5-8(11)6-4-7/h3-6H,2H2,1H3. The molecule has 4 heteroatoms. The third-order valence-corrected chi connectivity index (χ3v) is 3.26. The van der Waals surface area contributed by atoms with Crippen LogP contribution in [0.1, 0.15) is 11.9 Å². The van der Waals surface area contributed by atoms with E-state index >= 15 is 0 Å². The molecule has 0 bridgehead atoms. The minimum atomic E-state index is 0.833. The third kappa shape index (κ3) is 2.01. The van der Waals surface area contributed by atoms with Crippen molar-refractivity contribution in [1.82, 2.24) is 9.36 Å². The molecule has 0 fully saturated rings. The molecule has 1 aromatic heterocycles. The van der Waals surface area contributed by atoms with Gasteiger partial charge in [-0.3, -0.25) is 0 Å². The lowest BCUT2D eigenvalue weighted by Gasteiger charge is -1.94. The number of benzene rings is 1. The molecule has 0 unspecified atom stereocenters. The molecule has 0 atom stereocenters. The van der Waals surface area contributed by atoms with Gasteiger partial charge in [0.2, 0.25) is 0 Å². The molecule has 0 aliphatic carbocycles. The summed E-state index contributed by atoms with van der Waals surface area (Å²) in [5, 5.41) is 1.09. The minimum Gasteiger partial charge on any atom is -0.220 e. The molecule has 2 rings (SSSR count). The first-order valence-electron chi connectivity index (χ1n) is 4.38. The highest BCUT2D eigenvalue weighted by molar-refractivity contribution is 9.10. The van der Waals surface area contributed by atoms with Crippen LogP contribution in [-0.4, -0.2) is 9.36 Å². The van der Waals surface area contributed by atoms with E-state index in [4.69, 9.17) is 0 Å². The summed E-state index contributed by atoms with van der Waals surface area (Å²) in [7, 11) is 0. The second kappa shape index (κ2) is 4.19. The summed E-state index contributed by atoms with van der Waals surface area (Å²) in [6.07, 6.45) is 0.953. The molecule has 2 aromatic rings. The van der Waals surface area contributed by atoms with Crippen LogP contribution in [0.5, 0.6) is 0 Å². The first kappa shape index (κ1) is 9.80.